The summed E-state index contributed by atoms with van der Waals surface area (Å²) in [5.41, 5.74) is 2.86. The third kappa shape index (κ3) is 2.90. The highest BCUT2D eigenvalue weighted by Gasteiger charge is 2.34. The van der Waals surface area contributed by atoms with Crippen LogP contribution in [0.2, 0.25) is 0 Å². The summed E-state index contributed by atoms with van der Waals surface area (Å²) in [5, 5.41) is 13.3. The number of carboxylic acid groups (broad SMARTS) is 1. The third-order valence-electron chi connectivity index (χ3n) is 6.12. The van der Waals surface area contributed by atoms with E-state index in [1.807, 2.05) is 6.07 Å². The van der Waals surface area contributed by atoms with Gasteiger partial charge in [0.2, 0.25) is 0 Å². The van der Waals surface area contributed by atoms with E-state index in [1.54, 1.807) is 6.07 Å². The topological polar surface area (TPSA) is 52.6 Å². The van der Waals surface area contributed by atoms with Crippen LogP contribution >= 0.6 is 0 Å². The first kappa shape index (κ1) is 15.2. The summed E-state index contributed by atoms with van der Waals surface area (Å²) in [6.45, 7) is 4.62. The Kier molecular flexibility index (Phi) is 4.12. The number of hydrogen-bond acceptors (Lipinski definition) is 3. The summed E-state index contributed by atoms with van der Waals surface area (Å²) in [5.74, 6) is 0.385. The second-order valence-electron chi connectivity index (χ2n) is 7.43. The van der Waals surface area contributed by atoms with E-state index >= 15 is 0 Å². The van der Waals surface area contributed by atoms with Crippen molar-refractivity contribution in [2.75, 3.05) is 26.2 Å². The number of aromatic carboxylic acids is 1. The Morgan fingerprint density at radius 1 is 1.26 bits per heavy atom. The Bertz CT molecular complexity index is 593. The van der Waals surface area contributed by atoms with E-state index in [2.05, 4.69) is 16.3 Å². The molecule has 4 nitrogen and oxygen atoms in total. The average Bonchev–Trinajstić information content (AvgIpc) is 2.60. The van der Waals surface area contributed by atoms with E-state index in [0.29, 0.717) is 17.5 Å². The fraction of sp³-hybridized carbons (Fsp3) is 0.632. The van der Waals surface area contributed by atoms with Crippen LogP contribution in [0.25, 0.3) is 0 Å². The van der Waals surface area contributed by atoms with Gasteiger partial charge in [0.05, 0.1) is 5.56 Å². The molecule has 4 heteroatoms. The molecule has 0 radical (unpaired) electrons. The molecule has 0 saturated carbocycles. The Labute approximate surface area is 137 Å². The van der Waals surface area contributed by atoms with Gasteiger partial charge in [-0.2, -0.15) is 0 Å². The fourth-order valence-corrected chi connectivity index (χ4v) is 4.88. The van der Waals surface area contributed by atoms with Crippen molar-refractivity contribution in [3.63, 3.8) is 0 Å². The van der Waals surface area contributed by atoms with Gasteiger partial charge in [-0.25, -0.2) is 4.79 Å². The largest absolute Gasteiger partial charge is 0.478 e. The molecule has 0 aromatic heterocycles. The summed E-state index contributed by atoms with van der Waals surface area (Å²) < 4.78 is 0. The molecule has 2 N–H and O–H groups in total. The minimum Gasteiger partial charge on any atom is -0.478 e. The highest BCUT2D eigenvalue weighted by Crippen LogP contribution is 2.35. The van der Waals surface area contributed by atoms with E-state index in [-0.39, 0.29) is 0 Å². The van der Waals surface area contributed by atoms with Crippen LogP contribution < -0.4 is 5.32 Å². The van der Waals surface area contributed by atoms with Gasteiger partial charge < -0.3 is 15.3 Å². The molecule has 1 aromatic rings. The molecule has 5 rings (SSSR count). The molecular weight excluding hydrogens is 288 g/mol. The first-order valence-corrected chi connectivity index (χ1v) is 9.03. The molecule has 4 aliphatic rings. The summed E-state index contributed by atoms with van der Waals surface area (Å²) in [6, 6.07) is 6.38. The number of rotatable bonds is 4. The predicted octanol–water partition coefficient (Wildman–Crippen LogP) is 2.49. The van der Waals surface area contributed by atoms with E-state index in [1.165, 1.54) is 44.5 Å². The molecule has 2 atom stereocenters. The van der Waals surface area contributed by atoms with E-state index in [4.69, 9.17) is 0 Å². The number of piperidine rings is 3. The monoisotopic (exact) mass is 314 g/mol. The minimum absolute atomic E-state index is 0.349. The molecular formula is C19H26N2O2. The normalized spacial score (nSPS) is 32.5. The highest BCUT2D eigenvalue weighted by molar-refractivity contribution is 5.90. The molecule has 1 aromatic carbocycles. The molecule has 3 aliphatic heterocycles. The van der Waals surface area contributed by atoms with Gasteiger partial charge >= 0.3 is 5.97 Å². The van der Waals surface area contributed by atoms with E-state index < -0.39 is 5.97 Å². The third-order valence-corrected chi connectivity index (χ3v) is 6.12. The molecule has 0 spiro atoms. The van der Waals surface area contributed by atoms with Gasteiger partial charge in [0, 0.05) is 19.1 Å². The van der Waals surface area contributed by atoms with Gasteiger partial charge in [-0.15, -0.1) is 0 Å². The summed E-state index contributed by atoms with van der Waals surface area (Å²) >= 11 is 0. The Morgan fingerprint density at radius 2 is 2.09 bits per heavy atom. The summed E-state index contributed by atoms with van der Waals surface area (Å²) in [7, 11) is 0. The number of carboxylic acids is 1. The zero-order valence-corrected chi connectivity index (χ0v) is 13.6. The van der Waals surface area contributed by atoms with Gasteiger partial charge in [-0.3, -0.25) is 0 Å². The molecule has 3 fully saturated rings. The zero-order valence-electron chi connectivity index (χ0n) is 13.6. The molecule has 2 bridgehead atoms. The Morgan fingerprint density at radius 3 is 2.78 bits per heavy atom. The second-order valence-corrected chi connectivity index (χ2v) is 7.43. The van der Waals surface area contributed by atoms with Gasteiger partial charge in [0.1, 0.15) is 0 Å². The predicted molar refractivity (Wildman–Crippen MR) is 90.0 cm³/mol. The summed E-state index contributed by atoms with van der Waals surface area (Å²) in [4.78, 5) is 14.2. The summed E-state index contributed by atoms with van der Waals surface area (Å²) in [6.07, 6.45) is 5.93. The fourth-order valence-electron chi connectivity index (χ4n) is 4.88. The lowest BCUT2D eigenvalue weighted by Crippen LogP contribution is -2.56. The van der Waals surface area contributed by atoms with Crippen LogP contribution in [-0.2, 0) is 6.42 Å². The second kappa shape index (κ2) is 6.25. The van der Waals surface area contributed by atoms with Crippen molar-refractivity contribution in [1.29, 1.82) is 0 Å². The maximum atomic E-state index is 11.6. The van der Waals surface area contributed by atoms with E-state index in [9.17, 15) is 9.90 Å². The number of hydrogen-bond donors (Lipinski definition) is 2. The molecule has 3 saturated heterocycles. The van der Waals surface area contributed by atoms with Gasteiger partial charge in [0.15, 0.2) is 0 Å². The molecule has 0 amide bonds. The van der Waals surface area contributed by atoms with Crippen LogP contribution in [0, 0.1) is 5.92 Å². The van der Waals surface area contributed by atoms with Crippen LogP contribution in [0.3, 0.4) is 0 Å². The van der Waals surface area contributed by atoms with Crippen molar-refractivity contribution in [1.82, 2.24) is 10.2 Å². The molecule has 3 heterocycles. The standard InChI is InChI=1S/C19H26N2O2/c22-19(23)16-6-2-4-14-3-1-5-15(18(14)16)11-20-17-12-21-9-7-13(17)8-10-21/h2,4,6,13,15,17,20H,1,3,5,7-12H2,(H,22,23). The van der Waals surface area contributed by atoms with Gasteiger partial charge in [-0.1, -0.05) is 12.1 Å². The van der Waals surface area contributed by atoms with E-state index in [0.717, 1.165) is 30.9 Å². The quantitative estimate of drug-likeness (QED) is 0.896. The lowest BCUT2D eigenvalue weighted by atomic mass is 9.79. The van der Waals surface area contributed by atoms with Crippen LogP contribution in [0.4, 0.5) is 0 Å². The molecule has 1 aliphatic carbocycles. The molecule has 23 heavy (non-hydrogen) atoms. The number of aryl methyl sites for hydroxylation is 1. The maximum absolute atomic E-state index is 11.6. The van der Waals surface area contributed by atoms with Crippen molar-refractivity contribution in [2.45, 2.75) is 44.1 Å². The van der Waals surface area contributed by atoms with Crippen LogP contribution in [0.1, 0.15) is 53.1 Å². The number of carbonyl (C=O) groups is 1. The number of nitrogens with zero attached hydrogens (tertiary/aromatic N) is 1. The Balaban J connectivity index is 1.50. The SMILES string of the molecule is O=C(O)c1cccc2c1C(CNC1CN3CCC1CC3)CCC2. The smallest absolute Gasteiger partial charge is 0.335 e. The van der Waals surface area contributed by atoms with Crippen molar-refractivity contribution < 1.29 is 9.90 Å². The first-order chi connectivity index (χ1) is 11.2. The first-order valence-electron chi connectivity index (χ1n) is 9.03. The number of fused-ring (bicyclic) bond motifs is 4. The molecule has 2 unspecified atom stereocenters. The van der Waals surface area contributed by atoms with Crippen LogP contribution in [0.5, 0.6) is 0 Å². The average molecular weight is 314 g/mol. The Hall–Kier alpha value is -1.39. The van der Waals surface area contributed by atoms with Crippen LogP contribution in [-0.4, -0.2) is 48.2 Å². The number of benzene rings is 1. The zero-order chi connectivity index (χ0) is 15.8. The maximum Gasteiger partial charge on any atom is 0.335 e. The highest BCUT2D eigenvalue weighted by atomic mass is 16.4. The molecule has 124 valence electrons. The van der Waals surface area contributed by atoms with Gasteiger partial charge in [0.25, 0.3) is 0 Å². The van der Waals surface area contributed by atoms with Crippen molar-refractivity contribution >= 4 is 5.97 Å². The van der Waals surface area contributed by atoms with Crippen molar-refractivity contribution in [2.24, 2.45) is 5.92 Å². The lowest BCUT2D eigenvalue weighted by molar-refractivity contribution is 0.0690. The van der Waals surface area contributed by atoms with Crippen molar-refractivity contribution in [3.8, 4) is 0 Å². The minimum atomic E-state index is -0.781. The number of nitrogens with one attached hydrogen (secondary N) is 1. The van der Waals surface area contributed by atoms with Crippen molar-refractivity contribution in [3.05, 3.63) is 34.9 Å². The van der Waals surface area contributed by atoms with Crippen LogP contribution in [0.15, 0.2) is 18.2 Å². The van der Waals surface area contributed by atoms with Gasteiger partial charge in [-0.05, 0) is 74.2 Å². The lowest BCUT2D eigenvalue weighted by Gasteiger charge is -2.45.